The number of amidine groups is 1. The number of carbonyl (C=O) groups excluding carboxylic acids is 2. The van der Waals surface area contributed by atoms with Crippen molar-refractivity contribution >= 4 is 45.6 Å². The molecule has 1 fully saturated rings. The first-order valence-electron chi connectivity index (χ1n) is 16.0. The number of ether oxygens (including phenoxy) is 1. The largest absolute Gasteiger partial charge is 0.457 e. The van der Waals surface area contributed by atoms with Gasteiger partial charge in [0.15, 0.2) is 5.13 Å². The van der Waals surface area contributed by atoms with Crippen LogP contribution in [0.5, 0.6) is 11.5 Å². The molecule has 3 amide bonds. The number of nitrogens with two attached hydrogens (primary N) is 1. The third kappa shape index (κ3) is 8.07. The van der Waals surface area contributed by atoms with Crippen molar-refractivity contribution in [1.82, 2.24) is 10.3 Å². The Hall–Kier alpha value is -4.96. The van der Waals surface area contributed by atoms with Gasteiger partial charge in [-0.3, -0.25) is 15.0 Å². The molecule has 2 heterocycles. The van der Waals surface area contributed by atoms with Gasteiger partial charge in [-0.05, 0) is 109 Å². The number of piperidine rings is 1. The van der Waals surface area contributed by atoms with E-state index < -0.39 is 6.03 Å². The van der Waals surface area contributed by atoms with Crippen LogP contribution in [-0.2, 0) is 17.6 Å². The predicted octanol–water partition coefficient (Wildman–Crippen LogP) is 8.35. The zero-order chi connectivity index (χ0) is 33.0. The molecular formula is C37H40N6O3S. The number of aryl methyl sites for hydroxylation is 2. The number of rotatable bonds is 7. The molecule has 1 aliphatic heterocycles. The molecule has 10 heteroatoms. The number of hydrogen-bond donors (Lipinski definition) is 3. The molecular weight excluding hydrogens is 609 g/mol. The lowest BCUT2D eigenvalue weighted by Gasteiger charge is -2.23. The van der Waals surface area contributed by atoms with Gasteiger partial charge in [-0.15, -0.1) is 0 Å². The van der Waals surface area contributed by atoms with Crippen molar-refractivity contribution in [3.05, 3.63) is 95.8 Å². The van der Waals surface area contributed by atoms with Gasteiger partial charge in [-0.1, -0.05) is 38.2 Å². The molecule has 1 aromatic heterocycles. The number of hydrogen-bond acceptors (Lipinski definition) is 7. The van der Waals surface area contributed by atoms with Gasteiger partial charge in [-0.25, -0.2) is 14.8 Å². The van der Waals surface area contributed by atoms with Crippen molar-refractivity contribution in [2.45, 2.75) is 59.3 Å². The summed E-state index contributed by atoms with van der Waals surface area (Å²) in [6.45, 7) is 6.77. The minimum Gasteiger partial charge on any atom is -0.457 e. The Morgan fingerprint density at radius 3 is 2.40 bits per heavy atom. The summed E-state index contributed by atoms with van der Waals surface area (Å²) in [7, 11) is 0. The Balaban J connectivity index is 1.08. The molecule has 242 valence electrons. The van der Waals surface area contributed by atoms with Crippen LogP contribution >= 0.6 is 11.3 Å². The van der Waals surface area contributed by atoms with E-state index in [9.17, 15) is 9.59 Å². The van der Waals surface area contributed by atoms with Crippen molar-refractivity contribution < 1.29 is 14.3 Å². The monoisotopic (exact) mass is 648 g/mol. The zero-order valence-electron chi connectivity index (χ0n) is 27.0. The van der Waals surface area contributed by atoms with Crippen molar-refractivity contribution in [1.29, 1.82) is 0 Å². The quantitative estimate of drug-likeness (QED) is 0.137. The van der Waals surface area contributed by atoms with Crippen LogP contribution < -0.4 is 26.0 Å². The highest BCUT2D eigenvalue weighted by atomic mass is 32.1. The SMILES string of the molecule is CC(C)(C)/C(N)=C/C(=Nc1ccc2c(c1)CCC2)NC(=O)Nc1ccc(Oc2ccc(-c3cnc(N4CCCCC4=O)s3)cc2)cc1. The summed E-state index contributed by atoms with van der Waals surface area (Å²) < 4.78 is 6.05. The molecule has 4 N–H and O–H groups in total. The third-order valence-electron chi connectivity index (χ3n) is 8.27. The Morgan fingerprint density at radius 1 is 0.957 bits per heavy atom. The van der Waals surface area contributed by atoms with Crippen LogP contribution in [0, 0.1) is 5.41 Å². The number of allylic oxidation sites excluding steroid dienone is 1. The van der Waals surface area contributed by atoms with Crippen molar-refractivity contribution in [3.63, 3.8) is 0 Å². The van der Waals surface area contributed by atoms with E-state index in [4.69, 9.17) is 15.5 Å². The molecule has 1 aliphatic carbocycles. The van der Waals surface area contributed by atoms with Gasteiger partial charge in [0.25, 0.3) is 0 Å². The van der Waals surface area contributed by atoms with E-state index >= 15 is 0 Å². The lowest BCUT2D eigenvalue weighted by atomic mass is 9.92. The number of amides is 3. The van der Waals surface area contributed by atoms with Gasteiger partial charge < -0.3 is 15.8 Å². The lowest BCUT2D eigenvalue weighted by Crippen LogP contribution is -2.34. The van der Waals surface area contributed by atoms with Crippen LogP contribution in [0.1, 0.15) is 57.6 Å². The number of benzene rings is 3. The Morgan fingerprint density at radius 2 is 1.68 bits per heavy atom. The molecule has 0 radical (unpaired) electrons. The standard InChI is InChI=1S/C37H40N6O3S/c1-37(2,3)32(38)22-33(40-28-13-10-24-7-6-8-26(24)21-28)42-35(45)41-27-14-18-30(19-15-27)46-29-16-11-25(12-17-29)31-23-39-36(47-31)43-20-5-4-9-34(43)44/h10-19,21-23H,4-9,20,38H2,1-3H3,(H2,40,41,42,45)/b32-22-. The Bertz CT molecular complexity index is 1820. The maximum Gasteiger partial charge on any atom is 0.324 e. The molecule has 4 aromatic rings. The maximum absolute atomic E-state index is 13.0. The van der Waals surface area contributed by atoms with Crippen LogP contribution in [0.25, 0.3) is 10.4 Å². The van der Waals surface area contributed by atoms with E-state index in [0.29, 0.717) is 35.1 Å². The molecule has 0 saturated carbocycles. The van der Waals surface area contributed by atoms with Crippen molar-refractivity contribution in [2.75, 3.05) is 16.8 Å². The predicted molar refractivity (Wildman–Crippen MR) is 190 cm³/mol. The van der Waals surface area contributed by atoms with Crippen LogP contribution in [0.15, 0.2) is 89.7 Å². The average Bonchev–Trinajstić information content (AvgIpc) is 3.72. The fourth-order valence-corrected chi connectivity index (χ4v) is 6.43. The van der Waals surface area contributed by atoms with Crippen LogP contribution in [0.4, 0.5) is 21.3 Å². The molecule has 9 nitrogen and oxygen atoms in total. The van der Waals surface area contributed by atoms with Gasteiger partial charge in [0.05, 0.1) is 10.6 Å². The van der Waals surface area contributed by atoms with Gasteiger partial charge in [0.1, 0.15) is 17.3 Å². The van der Waals surface area contributed by atoms with E-state index in [0.717, 1.165) is 59.9 Å². The highest BCUT2D eigenvalue weighted by Crippen LogP contribution is 2.34. The highest BCUT2D eigenvalue weighted by molar-refractivity contribution is 7.19. The third-order valence-corrected chi connectivity index (χ3v) is 9.34. The van der Waals surface area contributed by atoms with Gasteiger partial charge >= 0.3 is 6.03 Å². The number of nitrogens with zero attached hydrogens (tertiary/aromatic N) is 3. The number of thiazole rings is 1. The first kappa shape index (κ1) is 32.0. The second-order valence-electron chi connectivity index (χ2n) is 12.9. The smallest absolute Gasteiger partial charge is 0.324 e. The van der Waals surface area contributed by atoms with Gasteiger partial charge in [0, 0.05) is 42.0 Å². The second-order valence-corrected chi connectivity index (χ2v) is 13.9. The zero-order valence-corrected chi connectivity index (χ0v) is 27.8. The number of aromatic nitrogens is 1. The summed E-state index contributed by atoms with van der Waals surface area (Å²) in [6, 6.07) is 20.7. The summed E-state index contributed by atoms with van der Waals surface area (Å²) in [5.74, 6) is 1.82. The Labute approximate surface area is 279 Å². The first-order valence-corrected chi connectivity index (χ1v) is 16.8. The lowest BCUT2D eigenvalue weighted by molar-refractivity contribution is -0.119. The number of fused-ring (bicyclic) bond motifs is 1. The van der Waals surface area contributed by atoms with E-state index in [2.05, 4.69) is 27.8 Å². The summed E-state index contributed by atoms with van der Waals surface area (Å²) >= 11 is 1.52. The van der Waals surface area contributed by atoms with Crippen LogP contribution in [0.2, 0.25) is 0 Å². The van der Waals surface area contributed by atoms with E-state index in [1.165, 1.54) is 22.5 Å². The first-order chi connectivity index (χ1) is 22.6. The van der Waals surface area contributed by atoms with E-state index in [1.54, 1.807) is 35.2 Å². The summed E-state index contributed by atoms with van der Waals surface area (Å²) in [4.78, 5) is 37.3. The van der Waals surface area contributed by atoms with Crippen LogP contribution in [0.3, 0.4) is 0 Å². The molecule has 0 atom stereocenters. The number of urea groups is 1. The topological polar surface area (TPSA) is 122 Å². The Kier molecular flexibility index (Phi) is 9.40. The second kappa shape index (κ2) is 13.8. The fourth-order valence-electron chi connectivity index (χ4n) is 5.47. The van der Waals surface area contributed by atoms with E-state index in [-0.39, 0.29) is 11.3 Å². The number of aliphatic imine (C=N–C) groups is 1. The average molecular weight is 649 g/mol. The van der Waals surface area contributed by atoms with Crippen LogP contribution in [-0.4, -0.2) is 29.3 Å². The minimum absolute atomic E-state index is 0.144. The molecule has 6 rings (SSSR count). The van der Waals surface area contributed by atoms with E-state index in [1.807, 2.05) is 57.3 Å². The minimum atomic E-state index is -0.428. The number of carbonyl (C=O) groups is 2. The summed E-state index contributed by atoms with van der Waals surface area (Å²) in [5, 5.41) is 6.49. The van der Waals surface area contributed by atoms with Gasteiger partial charge in [0.2, 0.25) is 5.91 Å². The molecule has 3 aromatic carbocycles. The molecule has 0 unspecified atom stereocenters. The van der Waals surface area contributed by atoms with Crippen molar-refractivity contribution in [3.8, 4) is 21.9 Å². The highest BCUT2D eigenvalue weighted by Gasteiger charge is 2.22. The van der Waals surface area contributed by atoms with Crippen molar-refractivity contribution in [2.24, 2.45) is 16.1 Å². The molecule has 47 heavy (non-hydrogen) atoms. The molecule has 0 spiro atoms. The normalized spacial score (nSPS) is 15.4. The molecule has 1 saturated heterocycles. The maximum atomic E-state index is 13.0. The number of nitrogens with one attached hydrogen (secondary N) is 2. The molecule has 2 aliphatic rings. The summed E-state index contributed by atoms with van der Waals surface area (Å²) in [5.41, 5.74) is 11.7. The molecule has 0 bridgehead atoms. The van der Waals surface area contributed by atoms with Gasteiger partial charge in [-0.2, -0.15) is 0 Å². The fraction of sp³-hybridized carbons (Fsp3) is 0.297. The number of anilines is 2. The summed E-state index contributed by atoms with van der Waals surface area (Å²) in [6.07, 6.45) is 9.37.